The van der Waals surface area contributed by atoms with E-state index < -0.39 is 0 Å². The van der Waals surface area contributed by atoms with Crippen LogP contribution in [0.3, 0.4) is 0 Å². The fourth-order valence-electron chi connectivity index (χ4n) is 2.60. The van der Waals surface area contributed by atoms with Gasteiger partial charge in [-0.3, -0.25) is 4.40 Å². The largest absolute Gasteiger partial charge is 0.355 e. The molecule has 3 heterocycles. The van der Waals surface area contributed by atoms with E-state index in [0.717, 1.165) is 12.3 Å². The van der Waals surface area contributed by atoms with Crippen LogP contribution in [0.25, 0.3) is 5.65 Å². The van der Waals surface area contributed by atoms with Gasteiger partial charge in [0.05, 0.1) is 25.4 Å². The molecule has 0 atom stereocenters. The van der Waals surface area contributed by atoms with Gasteiger partial charge in [0.1, 0.15) is 5.65 Å². The zero-order valence-electron chi connectivity index (χ0n) is 11.4. The first-order chi connectivity index (χ1) is 9.83. The van der Waals surface area contributed by atoms with Crippen molar-refractivity contribution in [3.8, 4) is 0 Å². The van der Waals surface area contributed by atoms with Gasteiger partial charge in [-0.15, -0.1) is 0 Å². The van der Waals surface area contributed by atoms with Crippen LogP contribution in [-0.4, -0.2) is 39.8 Å². The Labute approximate surface area is 122 Å². The van der Waals surface area contributed by atoms with Crippen LogP contribution < -0.4 is 10.6 Å². The van der Waals surface area contributed by atoms with Crippen molar-refractivity contribution in [1.29, 1.82) is 0 Å². The Morgan fingerprint density at radius 3 is 2.90 bits per heavy atom. The second-order valence-electron chi connectivity index (χ2n) is 5.13. The van der Waals surface area contributed by atoms with E-state index in [1.807, 2.05) is 18.2 Å². The molecule has 0 radical (unpaired) electrons. The van der Waals surface area contributed by atoms with E-state index in [0.29, 0.717) is 10.8 Å². The van der Waals surface area contributed by atoms with E-state index >= 15 is 0 Å². The Balaban J connectivity index is 1.64. The Morgan fingerprint density at radius 1 is 1.20 bits per heavy atom. The summed E-state index contributed by atoms with van der Waals surface area (Å²) in [6, 6.07) is 5.53. The average molecular weight is 291 g/mol. The third-order valence-corrected chi connectivity index (χ3v) is 4.54. The molecule has 2 aromatic rings. The van der Waals surface area contributed by atoms with Gasteiger partial charge >= 0.3 is 5.69 Å². The Bertz CT molecular complexity index is 636. The monoisotopic (exact) mass is 291 g/mol. The number of likely N-dealkylation sites (tertiary alicyclic amines) is 1. The highest BCUT2D eigenvalue weighted by Gasteiger charge is 2.13. The molecule has 0 unspecified atom stereocenters. The van der Waals surface area contributed by atoms with Crippen molar-refractivity contribution in [2.75, 3.05) is 25.4 Å². The number of quaternary nitrogens is 1. The predicted octanol–water partition coefficient (Wildman–Crippen LogP) is 0.250. The molecule has 1 N–H and O–H groups in total. The van der Waals surface area contributed by atoms with Crippen LogP contribution in [0, 0.1) is 0 Å². The zero-order valence-corrected chi connectivity index (χ0v) is 12.2. The van der Waals surface area contributed by atoms with Crippen molar-refractivity contribution < 1.29 is 4.90 Å². The SMILES string of the molecule is O=c1nc(SCC[NH+]2CCCCC2)nc2ccccn12. The second kappa shape index (κ2) is 6.37. The fourth-order valence-corrected chi connectivity index (χ4v) is 3.47. The predicted molar refractivity (Wildman–Crippen MR) is 79.4 cm³/mol. The molecule has 1 saturated heterocycles. The summed E-state index contributed by atoms with van der Waals surface area (Å²) in [5.74, 6) is 0.970. The normalized spacial score (nSPS) is 16.6. The number of thioether (sulfide) groups is 1. The first kappa shape index (κ1) is 13.6. The lowest BCUT2D eigenvalue weighted by Crippen LogP contribution is -3.13. The molecule has 1 aliphatic heterocycles. The Kier molecular flexibility index (Phi) is 4.32. The lowest BCUT2D eigenvalue weighted by Gasteiger charge is -2.22. The number of hydrogen-bond donors (Lipinski definition) is 1. The zero-order chi connectivity index (χ0) is 13.8. The van der Waals surface area contributed by atoms with E-state index in [4.69, 9.17) is 0 Å². The third kappa shape index (κ3) is 3.19. The average Bonchev–Trinajstić information content (AvgIpc) is 2.48. The minimum Gasteiger partial charge on any atom is -0.334 e. The first-order valence-corrected chi connectivity index (χ1v) is 8.13. The van der Waals surface area contributed by atoms with E-state index in [9.17, 15) is 4.79 Å². The van der Waals surface area contributed by atoms with Crippen LogP contribution >= 0.6 is 11.8 Å². The molecule has 2 aromatic heterocycles. The summed E-state index contributed by atoms with van der Waals surface area (Å²) in [5, 5.41) is 0.595. The molecule has 0 aromatic carbocycles. The van der Waals surface area contributed by atoms with Crippen molar-refractivity contribution in [2.24, 2.45) is 0 Å². The van der Waals surface area contributed by atoms with Gasteiger partial charge in [-0.1, -0.05) is 17.8 Å². The van der Waals surface area contributed by atoms with Gasteiger partial charge in [-0.2, -0.15) is 4.98 Å². The van der Waals surface area contributed by atoms with Gasteiger partial charge in [-0.05, 0) is 31.4 Å². The molecule has 0 bridgehead atoms. The van der Waals surface area contributed by atoms with E-state index in [2.05, 4.69) is 9.97 Å². The van der Waals surface area contributed by atoms with Crippen LogP contribution in [-0.2, 0) is 0 Å². The van der Waals surface area contributed by atoms with Crippen molar-refractivity contribution in [3.63, 3.8) is 0 Å². The molecule has 5 nitrogen and oxygen atoms in total. The van der Waals surface area contributed by atoms with Gasteiger partial charge in [-0.25, -0.2) is 9.78 Å². The highest BCUT2D eigenvalue weighted by atomic mass is 32.2. The van der Waals surface area contributed by atoms with Crippen molar-refractivity contribution in [1.82, 2.24) is 14.4 Å². The number of nitrogens with one attached hydrogen (secondary N) is 1. The molecule has 6 heteroatoms. The summed E-state index contributed by atoms with van der Waals surface area (Å²) in [6.07, 6.45) is 5.76. The molecule has 0 spiro atoms. The maximum Gasteiger partial charge on any atom is 0.355 e. The van der Waals surface area contributed by atoms with Crippen LogP contribution in [0.15, 0.2) is 34.3 Å². The first-order valence-electron chi connectivity index (χ1n) is 7.15. The van der Waals surface area contributed by atoms with Crippen LogP contribution in [0.4, 0.5) is 0 Å². The van der Waals surface area contributed by atoms with Gasteiger partial charge in [0.15, 0.2) is 5.16 Å². The molecule has 0 aliphatic carbocycles. The maximum atomic E-state index is 11.9. The van der Waals surface area contributed by atoms with Crippen molar-refractivity contribution in [2.45, 2.75) is 24.4 Å². The molecule has 106 valence electrons. The highest BCUT2D eigenvalue weighted by molar-refractivity contribution is 7.99. The van der Waals surface area contributed by atoms with E-state index in [1.165, 1.54) is 36.8 Å². The number of pyridine rings is 1. The molecular weight excluding hydrogens is 272 g/mol. The molecule has 1 aliphatic rings. The number of rotatable bonds is 4. The third-order valence-electron chi connectivity index (χ3n) is 3.69. The van der Waals surface area contributed by atoms with E-state index in [1.54, 1.807) is 22.9 Å². The molecule has 1 fully saturated rings. The summed E-state index contributed by atoms with van der Waals surface area (Å²) < 4.78 is 1.47. The van der Waals surface area contributed by atoms with Crippen LogP contribution in [0.1, 0.15) is 19.3 Å². The maximum absolute atomic E-state index is 11.9. The summed E-state index contributed by atoms with van der Waals surface area (Å²) in [6.45, 7) is 3.69. The molecular formula is C14H19N4OS+. The lowest BCUT2D eigenvalue weighted by molar-refractivity contribution is -0.902. The summed E-state index contributed by atoms with van der Waals surface area (Å²) in [4.78, 5) is 22.0. The minimum atomic E-state index is -0.247. The number of hydrogen-bond acceptors (Lipinski definition) is 4. The summed E-state index contributed by atoms with van der Waals surface area (Å²) >= 11 is 1.59. The smallest absolute Gasteiger partial charge is 0.334 e. The van der Waals surface area contributed by atoms with Gasteiger partial charge in [0.2, 0.25) is 0 Å². The molecule has 3 rings (SSSR count). The van der Waals surface area contributed by atoms with Crippen LogP contribution in [0.2, 0.25) is 0 Å². The molecule has 0 amide bonds. The van der Waals surface area contributed by atoms with Crippen molar-refractivity contribution in [3.05, 3.63) is 34.9 Å². The standard InChI is InChI=1S/C14H18N4OS/c19-14-16-13(15-12-6-2-5-9-18(12)14)20-11-10-17-7-3-1-4-8-17/h2,5-6,9H,1,3-4,7-8,10-11H2/p+1. The topological polar surface area (TPSA) is 51.7 Å². The minimum absolute atomic E-state index is 0.247. The second-order valence-corrected chi connectivity index (χ2v) is 6.19. The number of piperidine rings is 1. The van der Waals surface area contributed by atoms with Gasteiger partial charge < -0.3 is 4.90 Å². The lowest BCUT2D eigenvalue weighted by atomic mass is 10.1. The number of nitrogens with zero attached hydrogens (tertiary/aromatic N) is 3. The highest BCUT2D eigenvalue weighted by Crippen LogP contribution is 2.10. The van der Waals surface area contributed by atoms with Gasteiger partial charge in [0, 0.05) is 6.20 Å². The quantitative estimate of drug-likeness (QED) is 0.821. The van der Waals surface area contributed by atoms with Gasteiger partial charge in [0.25, 0.3) is 0 Å². The fraction of sp³-hybridized carbons (Fsp3) is 0.500. The summed E-state index contributed by atoms with van der Waals surface area (Å²) in [5.41, 5.74) is 0.420. The Hall–Kier alpha value is -1.40. The molecule has 20 heavy (non-hydrogen) atoms. The van der Waals surface area contributed by atoms with Crippen molar-refractivity contribution >= 4 is 17.4 Å². The van der Waals surface area contributed by atoms with E-state index in [-0.39, 0.29) is 5.69 Å². The number of fused-ring (bicyclic) bond motifs is 1. The summed E-state index contributed by atoms with van der Waals surface area (Å²) in [7, 11) is 0. The molecule has 0 saturated carbocycles. The Morgan fingerprint density at radius 2 is 2.05 bits per heavy atom. The van der Waals surface area contributed by atoms with Crippen LogP contribution in [0.5, 0.6) is 0 Å². The number of aromatic nitrogens is 3.